The normalized spacial score (nSPS) is 23.6. The van der Waals surface area contributed by atoms with Crippen molar-refractivity contribution in [1.29, 1.82) is 0 Å². The summed E-state index contributed by atoms with van der Waals surface area (Å²) in [6.45, 7) is 18.9. The molecule has 23 heavy (non-hydrogen) atoms. The van der Waals surface area contributed by atoms with E-state index in [1.807, 2.05) is 6.92 Å². The molecule has 0 saturated carbocycles. The van der Waals surface area contributed by atoms with Crippen molar-refractivity contribution in [1.82, 2.24) is 0 Å². The zero-order valence-corrected chi connectivity index (χ0v) is 16.1. The van der Waals surface area contributed by atoms with E-state index in [4.69, 9.17) is 16.3 Å². The van der Waals surface area contributed by atoms with Crippen LogP contribution in [-0.2, 0) is 9.53 Å². The van der Waals surface area contributed by atoms with E-state index in [0.717, 1.165) is 30.6 Å². The number of carbonyl (C=O) groups is 1. The van der Waals surface area contributed by atoms with Gasteiger partial charge in [0, 0.05) is 22.9 Å². The zero-order chi connectivity index (χ0) is 17.8. The van der Waals surface area contributed by atoms with Gasteiger partial charge in [0.15, 0.2) is 5.78 Å². The quantitative estimate of drug-likeness (QED) is 0.505. The fourth-order valence-electron chi connectivity index (χ4n) is 3.27. The summed E-state index contributed by atoms with van der Waals surface area (Å²) in [4.78, 5) is 13.0. The van der Waals surface area contributed by atoms with Crippen LogP contribution in [0.1, 0.15) is 60.3 Å². The van der Waals surface area contributed by atoms with Crippen molar-refractivity contribution in [2.24, 2.45) is 16.7 Å². The van der Waals surface area contributed by atoms with E-state index in [0.29, 0.717) is 24.0 Å². The smallest absolute Gasteiger partial charge is 0.166 e. The first-order valence-corrected chi connectivity index (χ1v) is 8.73. The van der Waals surface area contributed by atoms with Crippen molar-refractivity contribution < 1.29 is 9.53 Å². The molecule has 0 aliphatic heterocycles. The van der Waals surface area contributed by atoms with Crippen molar-refractivity contribution in [3.63, 3.8) is 0 Å². The van der Waals surface area contributed by atoms with Gasteiger partial charge in [-0.2, -0.15) is 0 Å². The number of hydrogen-bond donors (Lipinski definition) is 0. The highest BCUT2D eigenvalue weighted by Crippen LogP contribution is 2.54. The lowest BCUT2D eigenvalue weighted by Gasteiger charge is -2.48. The molecule has 1 aliphatic rings. The molecule has 0 aromatic rings. The largest absolute Gasteiger partial charge is 0.498 e. The molecule has 0 bridgehead atoms. The van der Waals surface area contributed by atoms with Gasteiger partial charge in [0.1, 0.15) is 5.76 Å². The first-order chi connectivity index (χ1) is 10.5. The van der Waals surface area contributed by atoms with Gasteiger partial charge >= 0.3 is 0 Å². The second kappa shape index (κ2) is 7.70. The molecule has 0 spiro atoms. The number of rotatable bonds is 8. The van der Waals surface area contributed by atoms with Crippen LogP contribution < -0.4 is 0 Å². The Balaban J connectivity index is 3.15. The highest BCUT2D eigenvalue weighted by Gasteiger charge is 2.52. The molecule has 0 unspecified atom stereocenters. The topological polar surface area (TPSA) is 26.3 Å². The lowest BCUT2D eigenvalue weighted by Crippen LogP contribution is -2.47. The van der Waals surface area contributed by atoms with Crippen LogP contribution in [0.2, 0.25) is 0 Å². The van der Waals surface area contributed by atoms with E-state index < -0.39 is 5.41 Å². The molecule has 1 atom stereocenters. The van der Waals surface area contributed by atoms with Crippen LogP contribution >= 0.6 is 11.6 Å². The standard InChI is InChI=1S/C20H31ClO2/c1-14(2)8-9-20(11-16(5)21)18(22)10-17(12-19(20,6)7)23-13-15(3)4/h10,15H,1,5,8-9,11-13H2,2-4,6-7H3/t20-/m0/s1. The van der Waals surface area contributed by atoms with Gasteiger partial charge in [-0.15, -0.1) is 6.58 Å². The van der Waals surface area contributed by atoms with Gasteiger partial charge in [-0.3, -0.25) is 4.79 Å². The summed E-state index contributed by atoms with van der Waals surface area (Å²) in [5.41, 5.74) is 0.312. The van der Waals surface area contributed by atoms with E-state index in [9.17, 15) is 4.79 Å². The molecule has 0 aromatic carbocycles. The Morgan fingerprint density at radius 2 is 2.00 bits per heavy atom. The SMILES string of the molecule is C=C(C)CC[C@]1(CC(=C)Cl)C(=O)C=C(OCC(C)C)CC1(C)C. The second-order valence-corrected chi connectivity index (χ2v) is 8.51. The van der Waals surface area contributed by atoms with Gasteiger partial charge in [0.2, 0.25) is 0 Å². The van der Waals surface area contributed by atoms with Crippen LogP contribution in [0, 0.1) is 16.7 Å². The van der Waals surface area contributed by atoms with Gasteiger partial charge in [0.25, 0.3) is 0 Å². The van der Waals surface area contributed by atoms with Crippen molar-refractivity contribution >= 4 is 17.4 Å². The minimum atomic E-state index is -0.532. The molecule has 0 amide bonds. The molecule has 130 valence electrons. The Kier molecular flexibility index (Phi) is 6.70. The Morgan fingerprint density at radius 1 is 1.39 bits per heavy atom. The zero-order valence-electron chi connectivity index (χ0n) is 15.3. The lowest BCUT2D eigenvalue weighted by molar-refractivity contribution is -0.134. The van der Waals surface area contributed by atoms with Crippen LogP contribution in [-0.4, -0.2) is 12.4 Å². The summed E-state index contributed by atoms with van der Waals surface area (Å²) in [5, 5.41) is 0.535. The van der Waals surface area contributed by atoms with Crippen LogP contribution in [0.4, 0.5) is 0 Å². The molecule has 0 aromatic heterocycles. The Hall–Kier alpha value is -1.02. The fourth-order valence-corrected chi connectivity index (χ4v) is 3.50. The third-order valence-electron chi connectivity index (χ3n) is 4.75. The molecule has 0 heterocycles. The molecular formula is C20H31ClO2. The first-order valence-electron chi connectivity index (χ1n) is 8.35. The third kappa shape index (κ3) is 4.97. The van der Waals surface area contributed by atoms with Gasteiger partial charge in [0.05, 0.1) is 6.61 Å². The monoisotopic (exact) mass is 338 g/mol. The van der Waals surface area contributed by atoms with Crippen molar-refractivity contribution in [2.75, 3.05) is 6.61 Å². The Labute approximate surface area is 146 Å². The molecule has 1 rings (SSSR count). The minimum absolute atomic E-state index is 0.107. The lowest BCUT2D eigenvalue weighted by atomic mass is 9.55. The van der Waals surface area contributed by atoms with Crippen molar-refractivity contribution in [3.05, 3.63) is 35.6 Å². The van der Waals surface area contributed by atoms with Gasteiger partial charge in [-0.1, -0.05) is 51.4 Å². The maximum atomic E-state index is 13.0. The first kappa shape index (κ1) is 20.0. The average Bonchev–Trinajstić information content (AvgIpc) is 2.38. The van der Waals surface area contributed by atoms with Crippen LogP contribution in [0.15, 0.2) is 35.6 Å². The van der Waals surface area contributed by atoms with Crippen LogP contribution in [0.25, 0.3) is 0 Å². The van der Waals surface area contributed by atoms with E-state index in [-0.39, 0.29) is 11.2 Å². The highest BCUT2D eigenvalue weighted by molar-refractivity contribution is 6.29. The molecule has 1 aliphatic carbocycles. The third-order valence-corrected chi connectivity index (χ3v) is 4.88. The predicted molar refractivity (Wildman–Crippen MR) is 98.4 cm³/mol. The number of carbonyl (C=O) groups excluding carboxylic acids is 1. The number of allylic oxidation sites excluding steroid dienone is 4. The average molecular weight is 339 g/mol. The van der Waals surface area contributed by atoms with Crippen LogP contribution in [0.5, 0.6) is 0 Å². The van der Waals surface area contributed by atoms with Crippen molar-refractivity contribution in [2.45, 2.75) is 60.3 Å². The number of halogens is 1. The number of hydrogen-bond acceptors (Lipinski definition) is 2. The molecular weight excluding hydrogens is 308 g/mol. The summed E-state index contributed by atoms with van der Waals surface area (Å²) < 4.78 is 5.84. The molecule has 3 heteroatoms. The second-order valence-electron chi connectivity index (χ2n) is 7.97. The van der Waals surface area contributed by atoms with Gasteiger partial charge in [-0.05, 0) is 37.5 Å². The fraction of sp³-hybridized carbons (Fsp3) is 0.650. The van der Waals surface area contributed by atoms with E-state index >= 15 is 0 Å². The maximum absolute atomic E-state index is 13.0. The summed E-state index contributed by atoms with van der Waals surface area (Å²) in [5.74, 6) is 1.34. The summed E-state index contributed by atoms with van der Waals surface area (Å²) >= 11 is 6.13. The molecule has 0 saturated heterocycles. The van der Waals surface area contributed by atoms with Crippen molar-refractivity contribution in [3.8, 4) is 0 Å². The van der Waals surface area contributed by atoms with Gasteiger partial charge in [-0.25, -0.2) is 0 Å². The van der Waals surface area contributed by atoms with E-state index in [1.165, 1.54) is 0 Å². The summed E-state index contributed by atoms with van der Waals surface area (Å²) in [6, 6.07) is 0. The van der Waals surface area contributed by atoms with Crippen LogP contribution in [0.3, 0.4) is 0 Å². The summed E-state index contributed by atoms with van der Waals surface area (Å²) in [6.07, 6.45) is 4.49. The molecule has 2 nitrogen and oxygen atoms in total. The van der Waals surface area contributed by atoms with Gasteiger partial charge < -0.3 is 4.74 Å². The van der Waals surface area contributed by atoms with E-state index in [2.05, 4.69) is 40.9 Å². The predicted octanol–water partition coefficient (Wildman–Crippen LogP) is 6.03. The molecule has 0 radical (unpaired) electrons. The number of ketones is 1. The molecule has 0 fully saturated rings. The minimum Gasteiger partial charge on any atom is -0.498 e. The number of ether oxygens (including phenoxy) is 1. The highest BCUT2D eigenvalue weighted by atomic mass is 35.5. The molecule has 0 N–H and O–H groups in total. The Bertz CT molecular complexity index is 514. The summed E-state index contributed by atoms with van der Waals surface area (Å²) in [7, 11) is 0. The van der Waals surface area contributed by atoms with E-state index in [1.54, 1.807) is 6.08 Å². The Morgan fingerprint density at radius 3 is 2.43 bits per heavy atom. The maximum Gasteiger partial charge on any atom is 0.166 e.